The fraction of sp³-hybridized carbons (Fsp3) is 0.430. The third-order valence-corrected chi connectivity index (χ3v) is 22.6. The SMILES string of the molecule is CCCC(C(=O)NCc1ccccc1)N1CC(Cc2ccccc2)NC1=O.CCCCNC(=O)C(CCc1ccccc1)N1CCN(Cc2ccccc2)C1=O.CCCCNC(=O)C(CCc1ccccc1)N1CCNC1=O.CCCCNC(=O)C(CCc1ccccc1)n1c(=O)[nH]c2ccc(OC)cc21.CCN1CCN(C(C(=O)NC(C)C)c2ccccn2)C1=O. The molecule has 13 amide bonds. The molecule has 0 radical (unpaired) electrons. The first-order chi connectivity index (χ1) is 61.7. The first kappa shape index (κ1) is 98.0. The number of carbonyl (C=O) groups is 9. The lowest BCUT2D eigenvalue weighted by Gasteiger charge is -2.27. The third kappa shape index (κ3) is 30.5. The minimum absolute atomic E-state index is 0.0173. The molecular weight excluding hydrogens is 1600 g/mol. The van der Waals surface area contributed by atoms with Crippen molar-refractivity contribution in [3.63, 3.8) is 0 Å². The average Bonchev–Trinajstić information content (AvgIpc) is 1.63. The van der Waals surface area contributed by atoms with Crippen molar-refractivity contribution in [1.29, 1.82) is 0 Å². The number of benzene rings is 7. The van der Waals surface area contributed by atoms with Crippen LogP contribution in [0.5, 0.6) is 5.75 Å². The highest BCUT2D eigenvalue weighted by molar-refractivity contribution is 5.91. The summed E-state index contributed by atoms with van der Waals surface area (Å²) in [7, 11) is 1.58. The first-order valence-corrected chi connectivity index (χ1v) is 45.3. The highest BCUT2D eigenvalue weighted by Crippen LogP contribution is 2.28. The maximum atomic E-state index is 13.1. The molecule has 6 unspecified atom stereocenters. The fourth-order valence-corrected chi connectivity index (χ4v) is 15.7. The highest BCUT2D eigenvalue weighted by atomic mass is 16.5. The van der Waals surface area contributed by atoms with Crippen LogP contribution < -0.4 is 47.6 Å². The zero-order valence-electron chi connectivity index (χ0n) is 75.3. The van der Waals surface area contributed by atoms with Crippen molar-refractivity contribution in [2.24, 2.45) is 0 Å². The van der Waals surface area contributed by atoms with Gasteiger partial charge in [-0.05, 0) is 149 Å². The van der Waals surface area contributed by atoms with Crippen LogP contribution in [-0.4, -0.2) is 207 Å². The first-order valence-electron chi connectivity index (χ1n) is 45.3. The highest BCUT2D eigenvalue weighted by Gasteiger charge is 2.41. The van der Waals surface area contributed by atoms with Gasteiger partial charge in [-0.3, -0.25) is 33.5 Å². The molecule has 0 saturated carbocycles. The second kappa shape index (κ2) is 52.8. The number of nitrogens with zero attached hydrogens (tertiary/aromatic N) is 8. The van der Waals surface area contributed by atoms with Crippen LogP contribution in [-0.2, 0) is 62.7 Å². The minimum atomic E-state index is -0.669. The molecule has 4 aliphatic heterocycles. The van der Waals surface area contributed by atoms with Crippen molar-refractivity contribution < 1.29 is 47.9 Å². The topological polar surface area (TPSA) is 317 Å². The van der Waals surface area contributed by atoms with Gasteiger partial charge in [0.25, 0.3) is 0 Å². The van der Waals surface area contributed by atoms with Crippen LogP contribution in [0.25, 0.3) is 11.0 Å². The summed E-state index contributed by atoms with van der Waals surface area (Å²) < 4.78 is 6.86. The Labute approximate surface area is 748 Å². The standard InChI is InChI=1S/C24H31N3O2.C22H27N3O3.C22H27N3O2.C17H25N3O2.C15H22N4O2/c1-2-3-16-25-23(28)22(15-14-20-10-6-4-7-11-20)27-18-17-26(24(27)29)19-21-12-8-5-9-13-21;1-3-4-14-23-21(26)19(13-10-16-8-6-5-7-9-16)25-20-15-17(28-2)11-12-18(20)24-22(25)27;1-2-9-20(21(26)23-15-18-12-7-4-8-13-18)25-16-19(24-22(25)27)14-17-10-5-3-6-11-17;1-2-3-11-18-16(21)15(20-13-12-19-17(20)22)10-9-14-7-5-4-6-8-14;1-4-18-9-10-19(15(18)21)13(14(20)17-11(2)3)12-7-5-6-8-16-12/h4-13,22H,2-3,14-19H2,1H3,(H,25,28);5-9,11-12,15,19H,3-4,10,13-14H2,1-2H3,(H,23,26)(H,24,27);3-8,10-13,19-20H,2,9,14-16H2,1H3,(H,23,26)(H,24,27);4-8,15H,2-3,9-13H2,1H3,(H,18,21)(H,19,22);5-8,11,13H,4,9-10H2,1-3H3,(H,17,20). The number of unbranched alkanes of at least 4 members (excludes halogenated alkanes) is 3. The van der Waals surface area contributed by atoms with E-state index < -0.39 is 24.2 Å². The number of methoxy groups -OCH3 is 1. The van der Waals surface area contributed by atoms with Crippen molar-refractivity contribution in [1.82, 2.24) is 81.2 Å². The van der Waals surface area contributed by atoms with Crippen molar-refractivity contribution >= 4 is 64.7 Å². The molecule has 4 saturated heterocycles. The molecule has 0 aliphatic carbocycles. The predicted octanol–water partition coefficient (Wildman–Crippen LogP) is 13.7. The van der Waals surface area contributed by atoms with E-state index in [9.17, 15) is 47.9 Å². The number of pyridine rings is 1. The smallest absolute Gasteiger partial charge is 0.327 e. The molecule has 13 rings (SSSR count). The van der Waals surface area contributed by atoms with Gasteiger partial charge in [-0.15, -0.1) is 0 Å². The zero-order valence-corrected chi connectivity index (χ0v) is 75.3. The number of aryl methyl sites for hydroxylation is 3. The van der Waals surface area contributed by atoms with Gasteiger partial charge >= 0.3 is 29.8 Å². The Bertz CT molecular complexity index is 4900. The molecule has 0 spiro atoms. The molecule has 6 heterocycles. The second-order valence-electron chi connectivity index (χ2n) is 32.4. The summed E-state index contributed by atoms with van der Waals surface area (Å²) in [6, 6.07) is 68.0. The van der Waals surface area contributed by atoms with Gasteiger partial charge in [0.1, 0.15) is 29.9 Å². The maximum absolute atomic E-state index is 13.1. The number of H-pyrrole nitrogens is 1. The van der Waals surface area contributed by atoms with Gasteiger partial charge in [-0.1, -0.05) is 241 Å². The normalized spacial score (nSPS) is 15.2. The minimum Gasteiger partial charge on any atom is -0.497 e. The monoisotopic (exact) mass is 1730 g/mol. The molecule has 27 heteroatoms. The lowest BCUT2D eigenvalue weighted by molar-refractivity contribution is -0.126. The lowest BCUT2D eigenvalue weighted by Crippen LogP contribution is -2.49. The largest absolute Gasteiger partial charge is 0.497 e. The average molecular weight is 1730 g/mol. The summed E-state index contributed by atoms with van der Waals surface area (Å²) >= 11 is 0. The number of urea groups is 4. The molecule has 678 valence electrons. The van der Waals surface area contributed by atoms with Gasteiger partial charge in [0.15, 0.2) is 6.04 Å². The molecule has 8 N–H and O–H groups in total. The number of aromatic amines is 1. The molecule has 7 aromatic carbocycles. The number of likely N-dealkylation sites (N-methyl/N-ethyl adjacent to an activating group) is 1. The number of fused-ring (bicyclic) bond motifs is 1. The van der Waals surface area contributed by atoms with E-state index in [4.69, 9.17) is 4.74 Å². The van der Waals surface area contributed by atoms with E-state index in [2.05, 4.69) is 104 Å². The number of hydrogen-bond donors (Lipinski definition) is 8. The number of amides is 13. The number of hydrogen-bond acceptors (Lipinski definition) is 12. The van der Waals surface area contributed by atoms with Crippen molar-refractivity contribution in [2.75, 3.05) is 79.1 Å². The molecule has 127 heavy (non-hydrogen) atoms. The van der Waals surface area contributed by atoms with Crippen molar-refractivity contribution in [3.8, 4) is 5.75 Å². The van der Waals surface area contributed by atoms with E-state index in [0.29, 0.717) is 140 Å². The molecule has 6 atom stereocenters. The Morgan fingerprint density at radius 1 is 0.457 bits per heavy atom. The molecule has 0 bridgehead atoms. The van der Waals surface area contributed by atoms with Crippen LogP contribution in [0.3, 0.4) is 0 Å². The summed E-state index contributed by atoms with van der Waals surface area (Å²) in [5.41, 5.74) is 8.54. The predicted molar refractivity (Wildman–Crippen MR) is 499 cm³/mol. The summed E-state index contributed by atoms with van der Waals surface area (Å²) in [4.78, 5) is 144. The van der Waals surface area contributed by atoms with Crippen LogP contribution in [0.2, 0.25) is 0 Å². The quantitative estimate of drug-likeness (QED) is 0.0166. The second-order valence-corrected chi connectivity index (χ2v) is 32.4. The zero-order chi connectivity index (χ0) is 90.7. The van der Waals surface area contributed by atoms with Crippen molar-refractivity contribution in [3.05, 3.63) is 274 Å². The number of ether oxygens (including phenoxy) is 1. The van der Waals surface area contributed by atoms with Gasteiger partial charge in [0.2, 0.25) is 29.5 Å². The van der Waals surface area contributed by atoms with Crippen LogP contribution >= 0.6 is 0 Å². The van der Waals surface area contributed by atoms with E-state index in [1.54, 1.807) is 72.7 Å². The van der Waals surface area contributed by atoms with Gasteiger partial charge in [0, 0.05) is 103 Å². The molecular formula is C100H132N16O11. The maximum Gasteiger partial charge on any atom is 0.327 e. The summed E-state index contributed by atoms with van der Waals surface area (Å²) in [5.74, 6) is 0.167. The number of carbonyl (C=O) groups excluding carboxylic acids is 9. The van der Waals surface area contributed by atoms with Crippen LogP contribution in [0.15, 0.2) is 229 Å². The van der Waals surface area contributed by atoms with E-state index in [1.165, 1.54) is 16.7 Å². The molecule has 2 aromatic heterocycles. The Morgan fingerprint density at radius 3 is 1.40 bits per heavy atom. The van der Waals surface area contributed by atoms with E-state index >= 15 is 0 Å². The Hall–Kier alpha value is -12.8. The summed E-state index contributed by atoms with van der Waals surface area (Å²) in [5, 5.41) is 20.6. The molecule has 9 aromatic rings. The van der Waals surface area contributed by atoms with Crippen LogP contribution in [0, 0.1) is 0 Å². The number of rotatable bonds is 40. The fourth-order valence-electron chi connectivity index (χ4n) is 15.7. The number of nitrogens with one attached hydrogen (secondary N) is 8. The molecule has 4 aliphatic rings. The lowest BCUT2D eigenvalue weighted by atomic mass is 10.0. The number of aromatic nitrogens is 3. The molecule has 4 fully saturated rings. The Balaban J connectivity index is 0.000000180. The van der Waals surface area contributed by atoms with Crippen LogP contribution in [0.4, 0.5) is 19.2 Å². The van der Waals surface area contributed by atoms with Crippen LogP contribution in [0.1, 0.15) is 170 Å². The Morgan fingerprint density at radius 2 is 0.921 bits per heavy atom. The number of imidazole rings is 1. The van der Waals surface area contributed by atoms with Gasteiger partial charge in [-0.25, -0.2) is 24.0 Å². The van der Waals surface area contributed by atoms with E-state index in [-0.39, 0.29) is 77.5 Å². The van der Waals surface area contributed by atoms with E-state index in [1.807, 2.05) is 184 Å². The van der Waals surface area contributed by atoms with Gasteiger partial charge in [0.05, 0.1) is 29.9 Å². The van der Waals surface area contributed by atoms with Gasteiger partial charge < -0.3 is 76.3 Å². The summed E-state index contributed by atoms with van der Waals surface area (Å²) in [6.07, 6.45) is 13.9. The summed E-state index contributed by atoms with van der Waals surface area (Å²) in [6.45, 7) is 21.9. The Kier molecular flexibility index (Phi) is 40.8. The van der Waals surface area contributed by atoms with E-state index in [0.717, 1.165) is 80.9 Å². The third-order valence-electron chi connectivity index (χ3n) is 22.6. The van der Waals surface area contributed by atoms with Gasteiger partial charge in [-0.2, -0.15) is 0 Å². The van der Waals surface area contributed by atoms with Crippen molar-refractivity contribution in [2.45, 2.75) is 200 Å². The molecule has 27 nitrogen and oxygen atoms in total.